The summed E-state index contributed by atoms with van der Waals surface area (Å²) < 4.78 is 0. The van der Waals surface area contributed by atoms with Crippen LogP contribution in [0.3, 0.4) is 0 Å². The van der Waals surface area contributed by atoms with Crippen LogP contribution >= 0.6 is 0 Å². The average molecular weight is 285 g/mol. The molecule has 0 bridgehead atoms. The number of carbonyl (C=O) groups excluding carboxylic acids is 1. The van der Waals surface area contributed by atoms with Crippen molar-refractivity contribution in [3.05, 3.63) is 34.9 Å². The minimum Gasteiger partial charge on any atom is -0.395 e. The van der Waals surface area contributed by atoms with E-state index in [1.165, 1.54) is 6.42 Å². The lowest BCUT2D eigenvalue weighted by molar-refractivity contribution is 0.0820. The summed E-state index contributed by atoms with van der Waals surface area (Å²) >= 11 is 0. The van der Waals surface area contributed by atoms with Gasteiger partial charge in [0.15, 0.2) is 0 Å². The number of aliphatic hydroxyl groups is 1. The van der Waals surface area contributed by atoms with Crippen molar-refractivity contribution in [1.29, 1.82) is 0 Å². The summed E-state index contributed by atoms with van der Waals surface area (Å²) in [5.74, 6) is 5.88. The maximum atomic E-state index is 12.4. The van der Waals surface area contributed by atoms with Crippen molar-refractivity contribution < 1.29 is 9.90 Å². The molecule has 0 radical (unpaired) electrons. The molecule has 0 aliphatic heterocycles. The Morgan fingerprint density at radius 1 is 1.38 bits per heavy atom. The molecule has 3 heteroatoms. The Morgan fingerprint density at radius 3 is 2.71 bits per heavy atom. The molecule has 0 atom stereocenters. The molecule has 1 aromatic rings. The molecule has 0 aromatic heterocycles. The van der Waals surface area contributed by atoms with Gasteiger partial charge in [-0.1, -0.05) is 18.8 Å². The summed E-state index contributed by atoms with van der Waals surface area (Å²) in [5, 5.41) is 12.0. The van der Waals surface area contributed by atoms with Gasteiger partial charge < -0.3 is 10.4 Å². The minimum absolute atomic E-state index is 0.00353. The molecule has 1 aliphatic carbocycles. The number of carbonyl (C=O) groups is 1. The first-order chi connectivity index (χ1) is 10.1. The molecule has 0 heterocycles. The molecule has 2 rings (SSSR count). The average Bonchev–Trinajstić information content (AvgIpc) is 2.42. The summed E-state index contributed by atoms with van der Waals surface area (Å²) in [6.45, 7) is 4.15. The minimum atomic E-state index is -0.00884. The quantitative estimate of drug-likeness (QED) is 0.836. The van der Waals surface area contributed by atoms with E-state index >= 15 is 0 Å². The molecule has 2 N–H and O–H groups in total. The normalized spacial score (nSPS) is 15.6. The van der Waals surface area contributed by atoms with Gasteiger partial charge in [0.1, 0.15) is 0 Å². The number of nitrogens with one attached hydrogen (secondary N) is 1. The number of aliphatic hydroxyl groups excluding tert-OH is 1. The Morgan fingerprint density at radius 2 is 2.14 bits per heavy atom. The van der Waals surface area contributed by atoms with Gasteiger partial charge in [-0.05, 0) is 56.4 Å². The van der Waals surface area contributed by atoms with Gasteiger partial charge in [0.25, 0.3) is 5.91 Å². The fourth-order valence-electron chi connectivity index (χ4n) is 2.69. The van der Waals surface area contributed by atoms with Crippen LogP contribution in [0.15, 0.2) is 18.2 Å². The monoisotopic (exact) mass is 285 g/mol. The highest BCUT2D eigenvalue weighted by molar-refractivity contribution is 5.95. The number of hydrogen-bond donors (Lipinski definition) is 2. The molecule has 3 nitrogen and oxygen atoms in total. The number of aryl methyl sites for hydroxylation is 1. The van der Waals surface area contributed by atoms with E-state index in [-0.39, 0.29) is 18.1 Å². The van der Waals surface area contributed by atoms with Gasteiger partial charge in [-0.2, -0.15) is 0 Å². The lowest BCUT2D eigenvalue weighted by Crippen LogP contribution is -2.53. The molecular formula is C18H23NO2. The van der Waals surface area contributed by atoms with Gasteiger partial charge in [0, 0.05) is 23.1 Å². The van der Waals surface area contributed by atoms with E-state index in [1.807, 2.05) is 25.1 Å². The van der Waals surface area contributed by atoms with Crippen molar-refractivity contribution in [1.82, 2.24) is 5.32 Å². The van der Waals surface area contributed by atoms with Gasteiger partial charge in [0.2, 0.25) is 0 Å². The smallest absolute Gasteiger partial charge is 0.251 e. The molecular weight excluding hydrogens is 262 g/mol. The summed E-state index contributed by atoms with van der Waals surface area (Å²) in [6, 6.07) is 5.68. The molecule has 21 heavy (non-hydrogen) atoms. The largest absolute Gasteiger partial charge is 0.395 e. The van der Waals surface area contributed by atoms with Crippen LogP contribution in [0.25, 0.3) is 0 Å². The predicted molar refractivity (Wildman–Crippen MR) is 84.1 cm³/mol. The molecule has 0 saturated heterocycles. The first-order valence-electron chi connectivity index (χ1n) is 7.62. The van der Waals surface area contributed by atoms with Crippen molar-refractivity contribution in [3.63, 3.8) is 0 Å². The Bertz CT molecular complexity index is 571. The van der Waals surface area contributed by atoms with Crippen LogP contribution in [0, 0.1) is 18.8 Å². The third kappa shape index (κ3) is 3.86. The Kier molecular flexibility index (Phi) is 5.03. The van der Waals surface area contributed by atoms with Crippen LogP contribution in [-0.2, 0) is 0 Å². The van der Waals surface area contributed by atoms with Crippen molar-refractivity contribution in [2.75, 3.05) is 6.61 Å². The molecule has 1 aromatic carbocycles. The molecule has 112 valence electrons. The number of benzene rings is 1. The highest BCUT2D eigenvalue weighted by Crippen LogP contribution is 2.34. The zero-order valence-electron chi connectivity index (χ0n) is 12.8. The molecule has 1 aliphatic rings. The van der Waals surface area contributed by atoms with Crippen molar-refractivity contribution in [3.8, 4) is 11.8 Å². The third-order valence-electron chi connectivity index (χ3n) is 4.18. The lowest BCUT2D eigenvalue weighted by atomic mass is 9.74. The lowest BCUT2D eigenvalue weighted by Gasteiger charge is -2.42. The molecule has 1 saturated carbocycles. The SMILES string of the molecule is CCC1(NC(=O)c2cc(C)cc(C#CCCO)c2)CCC1. The van der Waals surface area contributed by atoms with Crippen LogP contribution in [-0.4, -0.2) is 23.2 Å². The fraction of sp³-hybridized carbons (Fsp3) is 0.500. The van der Waals surface area contributed by atoms with E-state index in [0.29, 0.717) is 12.0 Å². The zero-order chi connectivity index (χ0) is 15.3. The van der Waals surface area contributed by atoms with Crippen molar-refractivity contribution in [2.45, 2.75) is 51.5 Å². The van der Waals surface area contributed by atoms with Crippen molar-refractivity contribution in [2.24, 2.45) is 0 Å². The summed E-state index contributed by atoms with van der Waals surface area (Å²) in [4.78, 5) is 12.4. The van der Waals surface area contributed by atoms with Crippen LogP contribution in [0.5, 0.6) is 0 Å². The topological polar surface area (TPSA) is 49.3 Å². The maximum absolute atomic E-state index is 12.4. The molecule has 1 amide bonds. The van der Waals surface area contributed by atoms with E-state index in [2.05, 4.69) is 24.1 Å². The van der Waals surface area contributed by atoms with Crippen LogP contribution in [0.4, 0.5) is 0 Å². The van der Waals surface area contributed by atoms with Crippen LogP contribution in [0.2, 0.25) is 0 Å². The molecule has 0 unspecified atom stereocenters. The van der Waals surface area contributed by atoms with E-state index in [4.69, 9.17) is 5.11 Å². The van der Waals surface area contributed by atoms with Crippen LogP contribution in [0.1, 0.15) is 60.5 Å². The van der Waals surface area contributed by atoms with Gasteiger partial charge in [-0.25, -0.2) is 0 Å². The maximum Gasteiger partial charge on any atom is 0.251 e. The van der Waals surface area contributed by atoms with E-state index in [9.17, 15) is 4.79 Å². The van der Waals surface area contributed by atoms with Gasteiger partial charge in [0.05, 0.1) is 6.61 Å². The second-order valence-electron chi connectivity index (χ2n) is 5.80. The Balaban J connectivity index is 2.15. The summed E-state index contributed by atoms with van der Waals surface area (Å²) in [5.41, 5.74) is 2.52. The zero-order valence-corrected chi connectivity index (χ0v) is 12.8. The summed E-state index contributed by atoms with van der Waals surface area (Å²) in [6.07, 6.45) is 4.77. The van der Waals surface area contributed by atoms with Gasteiger partial charge in [-0.3, -0.25) is 4.79 Å². The van der Waals surface area contributed by atoms with Gasteiger partial charge >= 0.3 is 0 Å². The van der Waals surface area contributed by atoms with Crippen LogP contribution < -0.4 is 5.32 Å². The third-order valence-corrected chi connectivity index (χ3v) is 4.18. The first-order valence-corrected chi connectivity index (χ1v) is 7.62. The standard InChI is InChI=1S/C18H23NO2/c1-3-18(8-6-9-18)19-17(21)16-12-14(2)11-15(13-16)7-4-5-10-20/h11-13,20H,3,5-6,8-10H2,1-2H3,(H,19,21). The van der Waals surface area contributed by atoms with E-state index in [1.54, 1.807) is 0 Å². The second kappa shape index (κ2) is 6.78. The second-order valence-corrected chi connectivity index (χ2v) is 5.80. The Labute approximate surface area is 126 Å². The summed E-state index contributed by atoms with van der Waals surface area (Å²) in [7, 11) is 0. The van der Waals surface area contributed by atoms with Gasteiger partial charge in [-0.15, -0.1) is 0 Å². The predicted octanol–water partition coefficient (Wildman–Crippen LogP) is 2.79. The van der Waals surface area contributed by atoms with E-state index in [0.717, 1.165) is 30.4 Å². The molecule has 1 fully saturated rings. The highest BCUT2D eigenvalue weighted by atomic mass is 16.2. The number of rotatable bonds is 4. The fourth-order valence-corrected chi connectivity index (χ4v) is 2.69. The highest BCUT2D eigenvalue weighted by Gasteiger charge is 2.36. The Hall–Kier alpha value is -1.79. The number of hydrogen-bond acceptors (Lipinski definition) is 2. The first kappa shape index (κ1) is 15.6. The van der Waals surface area contributed by atoms with E-state index < -0.39 is 0 Å². The van der Waals surface area contributed by atoms with Crippen molar-refractivity contribution >= 4 is 5.91 Å². The molecule has 0 spiro atoms. The number of amides is 1.